The Morgan fingerprint density at radius 1 is 1.18 bits per heavy atom. The molecule has 6 nitrogen and oxygen atoms in total. The lowest BCUT2D eigenvalue weighted by atomic mass is 10.0. The van der Waals surface area contributed by atoms with Gasteiger partial charge in [0.2, 0.25) is 17.7 Å². The van der Waals surface area contributed by atoms with Crippen molar-refractivity contribution >= 4 is 11.9 Å². The van der Waals surface area contributed by atoms with Gasteiger partial charge in [-0.1, -0.05) is 57.9 Å². The first-order chi connectivity index (χ1) is 13.6. The predicted molar refractivity (Wildman–Crippen MR) is 110 cm³/mol. The molecular formula is C22H28N4O2. The molecule has 0 saturated heterocycles. The largest absolute Gasteiger partial charge is 0.461 e. The molecule has 3 rings (SSSR count). The summed E-state index contributed by atoms with van der Waals surface area (Å²) in [6.45, 7) is 7.04. The van der Waals surface area contributed by atoms with Crippen LogP contribution in [0, 0.1) is 0 Å². The number of unbranched alkanes of at least 4 members (excludes halogenated alkanes) is 2. The molecule has 6 heteroatoms. The Morgan fingerprint density at radius 2 is 1.96 bits per heavy atom. The molecule has 1 aromatic carbocycles. The van der Waals surface area contributed by atoms with Gasteiger partial charge in [-0.2, -0.15) is 9.67 Å². The third kappa shape index (κ3) is 4.88. The molecule has 0 spiro atoms. The molecular weight excluding hydrogens is 352 g/mol. The molecule has 2 heterocycles. The van der Waals surface area contributed by atoms with Crippen molar-refractivity contribution in [3.05, 3.63) is 53.8 Å². The maximum Gasteiger partial charge on any atom is 0.250 e. The first-order valence-corrected chi connectivity index (χ1v) is 9.95. The van der Waals surface area contributed by atoms with E-state index in [2.05, 4.69) is 60.4 Å². The van der Waals surface area contributed by atoms with E-state index in [1.165, 1.54) is 10.2 Å². The SMILES string of the molecule is CCCCCC(=O)n1nc(-c2ccco2)nc1NCc1ccc(C(C)C)cc1. The molecule has 0 aliphatic heterocycles. The van der Waals surface area contributed by atoms with Crippen LogP contribution in [0.1, 0.15) is 68.3 Å². The van der Waals surface area contributed by atoms with Crippen LogP contribution in [0.2, 0.25) is 0 Å². The molecule has 148 valence electrons. The van der Waals surface area contributed by atoms with Crippen LogP contribution in [0.4, 0.5) is 5.95 Å². The molecule has 0 aliphatic carbocycles. The van der Waals surface area contributed by atoms with Crippen molar-refractivity contribution in [2.24, 2.45) is 0 Å². The van der Waals surface area contributed by atoms with Crippen molar-refractivity contribution in [1.29, 1.82) is 0 Å². The highest BCUT2D eigenvalue weighted by Gasteiger charge is 2.18. The highest BCUT2D eigenvalue weighted by Crippen LogP contribution is 2.20. The van der Waals surface area contributed by atoms with E-state index in [9.17, 15) is 4.79 Å². The molecule has 0 amide bonds. The lowest BCUT2D eigenvalue weighted by molar-refractivity contribution is 0.0886. The fourth-order valence-electron chi connectivity index (χ4n) is 2.94. The van der Waals surface area contributed by atoms with Crippen molar-refractivity contribution in [3.63, 3.8) is 0 Å². The van der Waals surface area contributed by atoms with Gasteiger partial charge in [0, 0.05) is 13.0 Å². The zero-order valence-electron chi connectivity index (χ0n) is 16.8. The third-order valence-corrected chi connectivity index (χ3v) is 4.68. The van der Waals surface area contributed by atoms with Gasteiger partial charge in [-0.3, -0.25) is 4.79 Å². The van der Waals surface area contributed by atoms with Gasteiger partial charge in [0.05, 0.1) is 6.26 Å². The third-order valence-electron chi connectivity index (χ3n) is 4.68. The quantitative estimate of drug-likeness (QED) is 0.497. The fraction of sp³-hybridized carbons (Fsp3) is 0.409. The van der Waals surface area contributed by atoms with Crippen molar-refractivity contribution in [3.8, 4) is 11.6 Å². The van der Waals surface area contributed by atoms with Gasteiger partial charge in [0.15, 0.2) is 5.76 Å². The summed E-state index contributed by atoms with van der Waals surface area (Å²) in [7, 11) is 0. The molecule has 0 atom stereocenters. The average Bonchev–Trinajstić information content (AvgIpc) is 3.36. The molecule has 0 fully saturated rings. The van der Waals surface area contributed by atoms with Crippen molar-refractivity contribution in [2.75, 3.05) is 5.32 Å². The monoisotopic (exact) mass is 380 g/mol. The average molecular weight is 380 g/mol. The molecule has 0 saturated carbocycles. The first-order valence-electron chi connectivity index (χ1n) is 9.95. The summed E-state index contributed by atoms with van der Waals surface area (Å²) >= 11 is 0. The van der Waals surface area contributed by atoms with E-state index in [1.54, 1.807) is 18.4 Å². The Bertz CT molecular complexity index is 880. The number of hydrogen-bond donors (Lipinski definition) is 1. The fourth-order valence-corrected chi connectivity index (χ4v) is 2.94. The number of rotatable bonds is 9. The second-order valence-electron chi connectivity index (χ2n) is 7.25. The van der Waals surface area contributed by atoms with E-state index in [0.29, 0.717) is 36.4 Å². The second-order valence-corrected chi connectivity index (χ2v) is 7.25. The van der Waals surface area contributed by atoms with Crippen LogP contribution in [0.5, 0.6) is 0 Å². The lowest BCUT2D eigenvalue weighted by Gasteiger charge is -2.09. The number of furan rings is 1. The van der Waals surface area contributed by atoms with Gasteiger partial charge in [0.25, 0.3) is 0 Å². The van der Waals surface area contributed by atoms with Gasteiger partial charge in [-0.15, -0.1) is 5.10 Å². The molecule has 1 N–H and O–H groups in total. The first kappa shape index (κ1) is 19.9. The Kier molecular flexibility index (Phi) is 6.63. The van der Waals surface area contributed by atoms with Gasteiger partial charge in [0.1, 0.15) is 0 Å². The van der Waals surface area contributed by atoms with E-state index < -0.39 is 0 Å². The number of aromatic nitrogens is 3. The van der Waals surface area contributed by atoms with E-state index in [4.69, 9.17) is 4.42 Å². The summed E-state index contributed by atoms with van der Waals surface area (Å²) in [4.78, 5) is 17.1. The second kappa shape index (κ2) is 9.35. The van der Waals surface area contributed by atoms with E-state index in [-0.39, 0.29) is 5.91 Å². The van der Waals surface area contributed by atoms with Crippen LogP contribution in [0.15, 0.2) is 47.1 Å². The summed E-state index contributed by atoms with van der Waals surface area (Å²) in [5.41, 5.74) is 2.43. The molecule has 28 heavy (non-hydrogen) atoms. The number of nitrogens with one attached hydrogen (secondary N) is 1. The number of carbonyl (C=O) groups is 1. The summed E-state index contributed by atoms with van der Waals surface area (Å²) in [5.74, 6) is 1.84. The highest BCUT2D eigenvalue weighted by molar-refractivity contribution is 5.81. The standard InChI is InChI=1S/C22H28N4O2/c1-4-5-6-9-20(27)26-22(24-21(25-26)19-8-7-14-28-19)23-15-17-10-12-18(13-11-17)16(2)3/h7-8,10-14,16H,4-6,9,15H2,1-3H3,(H,23,24,25). The van der Waals surface area contributed by atoms with Crippen LogP contribution in [-0.4, -0.2) is 20.7 Å². The zero-order valence-corrected chi connectivity index (χ0v) is 16.8. The topological polar surface area (TPSA) is 73.0 Å². The van der Waals surface area contributed by atoms with Gasteiger partial charge in [-0.05, 0) is 35.6 Å². The number of anilines is 1. The molecule has 0 aliphatic rings. The van der Waals surface area contributed by atoms with Crippen molar-refractivity contribution in [2.45, 2.75) is 58.9 Å². The molecule has 3 aromatic rings. The minimum absolute atomic E-state index is 0.0589. The van der Waals surface area contributed by atoms with Crippen molar-refractivity contribution < 1.29 is 9.21 Å². The lowest BCUT2D eigenvalue weighted by Crippen LogP contribution is -2.16. The molecule has 2 aromatic heterocycles. The van der Waals surface area contributed by atoms with Crippen LogP contribution in [-0.2, 0) is 6.54 Å². The Labute approximate surface area is 166 Å². The molecule has 0 unspecified atom stereocenters. The van der Waals surface area contributed by atoms with Crippen LogP contribution in [0.3, 0.4) is 0 Å². The van der Waals surface area contributed by atoms with Crippen LogP contribution < -0.4 is 5.32 Å². The maximum atomic E-state index is 12.6. The van der Waals surface area contributed by atoms with Gasteiger partial charge in [-0.25, -0.2) is 0 Å². The zero-order chi connectivity index (χ0) is 19.9. The number of hydrogen-bond acceptors (Lipinski definition) is 5. The van der Waals surface area contributed by atoms with Crippen molar-refractivity contribution in [1.82, 2.24) is 14.8 Å². The predicted octanol–water partition coefficient (Wildman–Crippen LogP) is 5.49. The molecule has 0 bridgehead atoms. The normalized spacial score (nSPS) is 11.1. The smallest absolute Gasteiger partial charge is 0.250 e. The minimum Gasteiger partial charge on any atom is -0.461 e. The van der Waals surface area contributed by atoms with E-state index >= 15 is 0 Å². The Morgan fingerprint density at radius 3 is 2.61 bits per heavy atom. The maximum absolute atomic E-state index is 12.6. The highest BCUT2D eigenvalue weighted by atomic mass is 16.3. The number of carbonyl (C=O) groups excluding carboxylic acids is 1. The van der Waals surface area contributed by atoms with Crippen LogP contribution >= 0.6 is 0 Å². The molecule has 0 radical (unpaired) electrons. The summed E-state index contributed by atoms with van der Waals surface area (Å²) in [6, 6.07) is 12.0. The Balaban J connectivity index is 1.76. The minimum atomic E-state index is -0.0589. The summed E-state index contributed by atoms with van der Waals surface area (Å²) in [5, 5.41) is 7.64. The summed E-state index contributed by atoms with van der Waals surface area (Å²) in [6.07, 6.45) is 4.96. The van der Waals surface area contributed by atoms with E-state index in [1.807, 2.05) is 0 Å². The van der Waals surface area contributed by atoms with Gasteiger partial charge >= 0.3 is 0 Å². The summed E-state index contributed by atoms with van der Waals surface area (Å²) < 4.78 is 6.76. The van der Waals surface area contributed by atoms with Gasteiger partial charge < -0.3 is 9.73 Å². The van der Waals surface area contributed by atoms with Crippen LogP contribution in [0.25, 0.3) is 11.6 Å². The number of nitrogens with zero attached hydrogens (tertiary/aromatic N) is 3. The number of benzene rings is 1. The van der Waals surface area contributed by atoms with E-state index in [0.717, 1.165) is 24.8 Å². The Hall–Kier alpha value is -2.89.